The Hall–Kier alpha value is -3.29. The summed E-state index contributed by atoms with van der Waals surface area (Å²) < 4.78 is 21.4. The van der Waals surface area contributed by atoms with Gasteiger partial charge in [-0.25, -0.2) is 4.79 Å². The summed E-state index contributed by atoms with van der Waals surface area (Å²) in [5, 5.41) is 3.24. The number of fused-ring (bicyclic) bond motifs is 1. The van der Waals surface area contributed by atoms with Gasteiger partial charge >= 0.3 is 11.9 Å². The van der Waals surface area contributed by atoms with Crippen molar-refractivity contribution < 1.29 is 33.3 Å². The molecule has 3 aliphatic rings. The maximum atomic E-state index is 13.7. The number of ether oxygens (including phenoxy) is 4. The number of Topliss-reactive ketones (excluding diaryl/α,β-unsaturated/α-hetero) is 1. The fourth-order valence-corrected chi connectivity index (χ4v) is 4.65. The first kappa shape index (κ1) is 21.9. The van der Waals surface area contributed by atoms with Gasteiger partial charge < -0.3 is 24.3 Å². The normalized spacial score (nSPS) is 24.3. The maximum Gasteiger partial charge on any atom is 0.337 e. The Morgan fingerprint density at radius 3 is 2.59 bits per heavy atom. The minimum absolute atomic E-state index is 0.108. The van der Waals surface area contributed by atoms with Gasteiger partial charge in [-0.1, -0.05) is 13.0 Å². The van der Waals surface area contributed by atoms with Gasteiger partial charge in [0.1, 0.15) is 5.92 Å². The van der Waals surface area contributed by atoms with Crippen LogP contribution in [-0.2, 0) is 23.9 Å². The van der Waals surface area contributed by atoms with Crippen LogP contribution in [0.5, 0.6) is 11.5 Å². The molecule has 0 amide bonds. The SMILES string of the molecule is COC(=O)[C@@H]1C(=O)C2=C(C[C@H]1C)NC(C)=C(C(=O)OC(C)C)[C@@H]2c1ccc2c(c1)OCO2. The summed E-state index contributed by atoms with van der Waals surface area (Å²) in [7, 11) is 1.27. The zero-order valence-corrected chi connectivity index (χ0v) is 18.8. The monoisotopic (exact) mass is 441 g/mol. The summed E-state index contributed by atoms with van der Waals surface area (Å²) in [4.78, 5) is 39.3. The van der Waals surface area contributed by atoms with Crippen LogP contribution < -0.4 is 14.8 Å². The first-order chi connectivity index (χ1) is 15.2. The lowest BCUT2D eigenvalue weighted by Gasteiger charge is -2.38. The van der Waals surface area contributed by atoms with Gasteiger partial charge in [0.25, 0.3) is 0 Å². The van der Waals surface area contributed by atoms with E-state index in [1.807, 2.05) is 13.0 Å². The molecular formula is C24H27NO7. The van der Waals surface area contributed by atoms with Crippen LogP contribution >= 0.6 is 0 Å². The van der Waals surface area contributed by atoms with E-state index in [0.29, 0.717) is 46.0 Å². The minimum Gasteiger partial charge on any atom is -0.468 e. The lowest BCUT2D eigenvalue weighted by atomic mass is 9.69. The average Bonchev–Trinajstić information content (AvgIpc) is 3.19. The molecular weight excluding hydrogens is 414 g/mol. The molecule has 8 nitrogen and oxygen atoms in total. The summed E-state index contributed by atoms with van der Waals surface area (Å²) in [6.45, 7) is 7.29. The molecule has 1 N–H and O–H groups in total. The predicted octanol–water partition coefficient (Wildman–Crippen LogP) is 2.98. The van der Waals surface area contributed by atoms with Crippen molar-refractivity contribution in [3.8, 4) is 11.5 Å². The third kappa shape index (κ3) is 3.63. The van der Waals surface area contributed by atoms with Gasteiger partial charge in [-0.2, -0.15) is 0 Å². The first-order valence-electron chi connectivity index (χ1n) is 10.7. The number of dihydropyridines is 1. The molecule has 8 heteroatoms. The molecule has 2 aliphatic heterocycles. The molecule has 0 unspecified atom stereocenters. The standard InChI is InChI=1S/C24H27NO7/c1-11(2)32-24(28)19-13(4)25-15-8-12(3)18(23(27)29-5)22(26)21(15)20(19)14-6-7-16-17(9-14)31-10-30-16/h6-7,9,11-12,18,20,25H,8,10H2,1-5H3/t12-,18+,20+/m1/s1. The molecule has 0 fully saturated rings. The van der Waals surface area contributed by atoms with Crippen LogP contribution in [0.25, 0.3) is 0 Å². The number of nitrogens with one attached hydrogen (secondary N) is 1. The Balaban J connectivity index is 1.87. The van der Waals surface area contributed by atoms with Crippen LogP contribution in [-0.4, -0.2) is 37.7 Å². The highest BCUT2D eigenvalue weighted by molar-refractivity contribution is 6.12. The summed E-state index contributed by atoms with van der Waals surface area (Å²) in [5.41, 5.74) is 2.74. The number of allylic oxidation sites excluding steroid dienone is 3. The van der Waals surface area contributed by atoms with Crippen LogP contribution in [0.3, 0.4) is 0 Å². The van der Waals surface area contributed by atoms with Gasteiger partial charge in [0.05, 0.1) is 18.8 Å². The van der Waals surface area contributed by atoms with Crippen molar-refractivity contribution in [1.29, 1.82) is 0 Å². The molecule has 2 heterocycles. The van der Waals surface area contributed by atoms with E-state index < -0.39 is 23.8 Å². The fourth-order valence-electron chi connectivity index (χ4n) is 4.65. The first-order valence-corrected chi connectivity index (χ1v) is 10.7. The summed E-state index contributed by atoms with van der Waals surface area (Å²) in [6, 6.07) is 5.34. The van der Waals surface area contributed by atoms with Crippen LogP contribution in [0, 0.1) is 11.8 Å². The largest absolute Gasteiger partial charge is 0.468 e. The molecule has 3 atom stereocenters. The van der Waals surface area contributed by atoms with E-state index in [4.69, 9.17) is 18.9 Å². The summed E-state index contributed by atoms with van der Waals surface area (Å²) in [6.07, 6.45) is 0.145. The molecule has 1 aliphatic carbocycles. The quantitative estimate of drug-likeness (QED) is 0.562. The number of hydrogen-bond acceptors (Lipinski definition) is 8. The summed E-state index contributed by atoms with van der Waals surface area (Å²) >= 11 is 0. The van der Waals surface area contributed by atoms with Crippen molar-refractivity contribution in [3.05, 3.63) is 46.3 Å². The highest BCUT2D eigenvalue weighted by atomic mass is 16.7. The zero-order chi connectivity index (χ0) is 23.2. The van der Waals surface area contributed by atoms with Crippen molar-refractivity contribution in [3.63, 3.8) is 0 Å². The average molecular weight is 441 g/mol. The Labute approximate surface area is 186 Å². The summed E-state index contributed by atoms with van der Waals surface area (Å²) in [5.74, 6) is -2.18. The second-order valence-corrected chi connectivity index (χ2v) is 8.60. The number of benzene rings is 1. The lowest BCUT2D eigenvalue weighted by Crippen LogP contribution is -2.43. The lowest BCUT2D eigenvalue weighted by molar-refractivity contribution is -0.151. The Bertz CT molecular complexity index is 1050. The van der Waals surface area contributed by atoms with Crippen molar-refractivity contribution in [2.75, 3.05) is 13.9 Å². The number of ketones is 1. The molecule has 32 heavy (non-hydrogen) atoms. The Kier molecular flexibility index (Phi) is 5.71. The number of carbonyl (C=O) groups excluding carboxylic acids is 3. The van der Waals surface area contributed by atoms with Crippen molar-refractivity contribution in [2.24, 2.45) is 11.8 Å². The number of esters is 2. The van der Waals surface area contributed by atoms with Crippen LogP contribution in [0.2, 0.25) is 0 Å². The van der Waals surface area contributed by atoms with E-state index in [1.165, 1.54) is 7.11 Å². The van der Waals surface area contributed by atoms with Gasteiger partial charge in [-0.15, -0.1) is 0 Å². The molecule has 1 aromatic carbocycles. The molecule has 0 saturated carbocycles. The van der Waals surface area contributed by atoms with Crippen LogP contribution in [0.1, 0.15) is 45.6 Å². The zero-order valence-electron chi connectivity index (χ0n) is 18.8. The van der Waals surface area contributed by atoms with E-state index in [9.17, 15) is 14.4 Å². The van der Waals surface area contributed by atoms with Gasteiger partial charge in [0.2, 0.25) is 6.79 Å². The van der Waals surface area contributed by atoms with Crippen LogP contribution in [0.15, 0.2) is 40.7 Å². The molecule has 0 spiro atoms. The highest BCUT2D eigenvalue weighted by Gasteiger charge is 2.47. The third-order valence-electron chi connectivity index (χ3n) is 6.04. The highest BCUT2D eigenvalue weighted by Crippen LogP contribution is 2.47. The Morgan fingerprint density at radius 1 is 1.19 bits per heavy atom. The van der Waals surface area contributed by atoms with E-state index in [-0.39, 0.29) is 24.6 Å². The van der Waals surface area contributed by atoms with E-state index in [0.717, 1.165) is 0 Å². The number of carbonyl (C=O) groups is 3. The minimum atomic E-state index is -0.933. The maximum absolute atomic E-state index is 13.7. The van der Waals surface area contributed by atoms with Gasteiger partial charge in [-0.05, 0) is 50.8 Å². The third-order valence-corrected chi connectivity index (χ3v) is 6.04. The molecule has 4 rings (SSSR count). The molecule has 170 valence electrons. The molecule has 1 aromatic rings. The van der Waals surface area contributed by atoms with Crippen molar-refractivity contribution in [1.82, 2.24) is 5.32 Å². The second kappa shape index (κ2) is 8.33. The smallest absolute Gasteiger partial charge is 0.337 e. The number of hydrogen-bond donors (Lipinski definition) is 1. The van der Waals surface area contributed by atoms with E-state index in [1.54, 1.807) is 32.9 Å². The number of rotatable bonds is 4. The molecule has 0 bridgehead atoms. The van der Waals surface area contributed by atoms with Gasteiger partial charge in [0.15, 0.2) is 17.3 Å². The van der Waals surface area contributed by atoms with Gasteiger partial charge in [-0.3, -0.25) is 9.59 Å². The molecule has 0 aromatic heterocycles. The van der Waals surface area contributed by atoms with Gasteiger partial charge in [0, 0.05) is 22.9 Å². The Morgan fingerprint density at radius 2 is 1.91 bits per heavy atom. The van der Waals surface area contributed by atoms with Crippen molar-refractivity contribution >= 4 is 17.7 Å². The van der Waals surface area contributed by atoms with E-state index in [2.05, 4.69) is 5.32 Å². The van der Waals surface area contributed by atoms with Crippen molar-refractivity contribution in [2.45, 2.75) is 46.1 Å². The van der Waals surface area contributed by atoms with Crippen LogP contribution in [0.4, 0.5) is 0 Å². The molecule has 0 saturated heterocycles. The second-order valence-electron chi connectivity index (χ2n) is 8.60. The topological polar surface area (TPSA) is 100 Å². The fraction of sp³-hybridized carbons (Fsp3) is 0.458. The predicted molar refractivity (Wildman–Crippen MR) is 114 cm³/mol. The molecule has 0 radical (unpaired) electrons. The van der Waals surface area contributed by atoms with E-state index >= 15 is 0 Å². The number of methoxy groups -OCH3 is 1.